The van der Waals surface area contributed by atoms with E-state index in [-0.39, 0.29) is 17.4 Å². The van der Waals surface area contributed by atoms with Gasteiger partial charge >= 0.3 is 6.18 Å². The van der Waals surface area contributed by atoms with Crippen LogP contribution in [0.3, 0.4) is 0 Å². The highest BCUT2D eigenvalue weighted by atomic mass is 35.5. The van der Waals surface area contributed by atoms with E-state index in [0.29, 0.717) is 5.52 Å². The minimum absolute atomic E-state index is 0.0779. The number of nitrogens with zero attached hydrogens (tertiary/aromatic N) is 3. The molecular weight excluding hydrogens is 255 g/mol. The first kappa shape index (κ1) is 12.2. The van der Waals surface area contributed by atoms with Crippen LogP contribution in [0.2, 0.25) is 0 Å². The predicted octanol–water partition coefficient (Wildman–Crippen LogP) is 3.04. The second-order valence-corrected chi connectivity index (χ2v) is 3.99. The van der Waals surface area contributed by atoms with Crippen molar-refractivity contribution in [3.63, 3.8) is 0 Å². The van der Waals surface area contributed by atoms with Crippen molar-refractivity contribution in [2.75, 3.05) is 0 Å². The highest BCUT2D eigenvalue weighted by molar-refractivity contribution is 6.16. The molecule has 0 aromatic carbocycles. The lowest BCUT2D eigenvalue weighted by molar-refractivity contribution is -0.140. The first-order valence-electron chi connectivity index (χ1n) is 4.85. The van der Waals surface area contributed by atoms with Gasteiger partial charge in [-0.2, -0.15) is 13.2 Å². The van der Waals surface area contributed by atoms with E-state index < -0.39 is 12.7 Å². The summed E-state index contributed by atoms with van der Waals surface area (Å²) in [5, 5.41) is 0. The Bertz CT molecular complexity index is 547. The second-order valence-electron chi connectivity index (χ2n) is 3.72. The molecule has 0 unspecified atom stereocenters. The van der Waals surface area contributed by atoms with Crippen LogP contribution >= 0.6 is 11.6 Å². The Morgan fingerprint density at radius 2 is 2.12 bits per heavy atom. The fourth-order valence-electron chi connectivity index (χ4n) is 1.61. The van der Waals surface area contributed by atoms with Crippen LogP contribution in [0.1, 0.15) is 11.4 Å². The standard InChI is InChI=1S/C10H9ClF3N3/c1-6-2-7-9(15-4-6)17(5-10(12,13)14)8(3-11)16-7/h2,4H,3,5H2,1H3. The predicted molar refractivity (Wildman–Crippen MR) is 57.9 cm³/mol. The van der Waals surface area contributed by atoms with Crippen LogP contribution in [0.25, 0.3) is 11.2 Å². The summed E-state index contributed by atoms with van der Waals surface area (Å²) < 4.78 is 38.3. The molecule has 3 nitrogen and oxygen atoms in total. The van der Waals surface area contributed by atoms with Gasteiger partial charge in [-0.05, 0) is 18.6 Å². The summed E-state index contributed by atoms with van der Waals surface area (Å²) >= 11 is 5.59. The number of hydrogen-bond acceptors (Lipinski definition) is 2. The molecule has 2 heterocycles. The Hall–Kier alpha value is -1.30. The van der Waals surface area contributed by atoms with Gasteiger partial charge in [-0.15, -0.1) is 11.6 Å². The van der Waals surface area contributed by atoms with Crippen LogP contribution in [0.15, 0.2) is 12.3 Å². The van der Waals surface area contributed by atoms with Gasteiger partial charge in [0.05, 0.1) is 5.88 Å². The lowest BCUT2D eigenvalue weighted by atomic mass is 10.3. The van der Waals surface area contributed by atoms with Crippen LogP contribution in [-0.2, 0) is 12.4 Å². The topological polar surface area (TPSA) is 30.7 Å². The first-order chi connectivity index (χ1) is 7.90. The van der Waals surface area contributed by atoms with Crippen molar-refractivity contribution in [3.05, 3.63) is 23.7 Å². The maximum absolute atomic E-state index is 12.4. The summed E-state index contributed by atoms with van der Waals surface area (Å²) in [4.78, 5) is 8.02. The summed E-state index contributed by atoms with van der Waals surface area (Å²) in [7, 11) is 0. The SMILES string of the molecule is Cc1cnc2c(c1)nc(CCl)n2CC(F)(F)F. The molecule has 0 fully saturated rings. The van der Waals surface area contributed by atoms with Gasteiger partial charge in [-0.25, -0.2) is 9.97 Å². The maximum atomic E-state index is 12.4. The fraction of sp³-hybridized carbons (Fsp3) is 0.400. The molecule has 2 aromatic rings. The fourth-order valence-corrected chi connectivity index (χ4v) is 1.81. The maximum Gasteiger partial charge on any atom is 0.406 e. The molecule has 0 atom stereocenters. The van der Waals surface area contributed by atoms with Crippen LogP contribution in [0.5, 0.6) is 0 Å². The number of aryl methyl sites for hydroxylation is 1. The second kappa shape index (κ2) is 4.18. The van der Waals surface area contributed by atoms with Gasteiger partial charge in [0.25, 0.3) is 0 Å². The third-order valence-corrected chi connectivity index (χ3v) is 2.50. The summed E-state index contributed by atoms with van der Waals surface area (Å²) in [6.07, 6.45) is -2.81. The smallest absolute Gasteiger partial charge is 0.302 e. The zero-order chi connectivity index (χ0) is 12.6. The van der Waals surface area contributed by atoms with E-state index in [2.05, 4.69) is 9.97 Å². The van der Waals surface area contributed by atoms with Gasteiger partial charge in [0.1, 0.15) is 17.9 Å². The Labute approximate surface area is 100 Å². The molecule has 0 saturated heterocycles. The number of hydrogen-bond donors (Lipinski definition) is 0. The monoisotopic (exact) mass is 263 g/mol. The van der Waals surface area contributed by atoms with Crippen molar-refractivity contribution in [1.29, 1.82) is 0 Å². The lowest BCUT2D eigenvalue weighted by Gasteiger charge is -2.09. The van der Waals surface area contributed by atoms with Gasteiger partial charge in [-0.3, -0.25) is 0 Å². The molecule has 0 bridgehead atoms. The van der Waals surface area contributed by atoms with Gasteiger partial charge in [-0.1, -0.05) is 0 Å². The van der Waals surface area contributed by atoms with Crippen molar-refractivity contribution in [2.45, 2.75) is 25.5 Å². The number of rotatable bonds is 2. The highest BCUT2D eigenvalue weighted by Gasteiger charge is 2.30. The van der Waals surface area contributed by atoms with Crippen LogP contribution < -0.4 is 0 Å². The average molecular weight is 264 g/mol. The van der Waals surface area contributed by atoms with Crippen LogP contribution in [0.4, 0.5) is 13.2 Å². The average Bonchev–Trinajstić information content (AvgIpc) is 2.53. The Balaban J connectivity index is 2.58. The Kier molecular flexibility index (Phi) is 2.99. The molecule has 0 spiro atoms. The summed E-state index contributed by atoms with van der Waals surface area (Å²) in [5.74, 6) is 0.1000. The van der Waals surface area contributed by atoms with Crippen molar-refractivity contribution in [2.24, 2.45) is 0 Å². The molecular formula is C10H9ClF3N3. The van der Waals surface area contributed by atoms with E-state index in [4.69, 9.17) is 11.6 Å². The number of pyridine rings is 1. The van der Waals surface area contributed by atoms with Gasteiger partial charge in [0.2, 0.25) is 0 Å². The molecule has 2 aromatic heterocycles. The van der Waals surface area contributed by atoms with Gasteiger partial charge in [0.15, 0.2) is 5.65 Å². The lowest BCUT2D eigenvalue weighted by Crippen LogP contribution is -2.19. The molecule has 0 N–H and O–H groups in total. The number of alkyl halides is 4. The minimum atomic E-state index is -4.32. The van der Waals surface area contributed by atoms with E-state index in [9.17, 15) is 13.2 Å². The summed E-state index contributed by atoms with van der Waals surface area (Å²) in [5.41, 5.74) is 1.49. The van der Waals surface area contributed by atoms with E-state index in [0.717, 1.165) is 10.1 Å². The van der Waals surface area contributed by atoms with E-state index in [1.54, 1.807) is 13.0 Å². The van der Waals surface area contributed by atoms with Crippen molar-refractivity contribution < 1.29 is 13.2 Å². The normalized spacial score (nSPS) is 12.3. The Morgan fingerprint density at radius 3 is 2.71 bits per heavy atom. The molecule has 0 aliphatic rings. The minimum Gasteiger partial charge on any atom is -0.302 e. The quantitative estimate of drug-likeness (QED) is 0.780. The third kappa shape index (κ3) is 2.52. The van der Waals surface area contributed by atoms with Gasteiger partial charge in [0, 0.05) is 6.20 Å². The number of fused-ring (bicyclic) bond motifs is 1. The number of halogens is 4. The molecule has 7 heteroatoms. The molecule has 17 heavy (non-hydrogen) atoms. The zero-order valence-corrected chi connectivity index (χ0v) is 9.68. The molecule has 0 aliphatic heterocycles. The largest absolute Gasteiger partial charge is 0.406 e. The summed E-state index contributed by atoms with van der Waals surface area (Å²) in [6.45, 7) is 0.678. The highest BCUT2D eigenvalue weighted by Crippen LogP contribution is 2.23. The van der Waals surface area contributed by atoms with Crippen LogP contribution in [0, 0.1) is 6.92 Å². The zero-order valence-electron chi connectivity index (χ0n) is 8.92. The third-order valence-electron chi connectivity index (χ3n) is 2.26. The van der Waals surface area contributed by atoms with E-state index in [1.807, 2.05) is 0 Å². The first-order valence-corrected chi connectivity index (χ1v) is 5.38. The number of aromatic nitrogens is 3. The van der Waals surface area contributed by atoms with Crippen molar-refractivity contribution in [3.8, 4) is 0 Å². The molecule has 0 radical (unpaired) electrons. The van der Waals surface area contributed by atoms with Crippen molar-refractivity contribution in [1.82, 2.24) is 14.5 Å². The molecule has 92 valence electrons. The Morgan fingerprint density at radius 1 is 1.41 bits per heavy atom. The summed E-state index contributed by atoms with van der Waals surface area (Å²) in [6, 6.07) is 1.69. The van der Waals surface area contributed by atoms with E-state index >= 15 is 0 Å². The van der Waals surface area contributed by atoms with Crippen LogP contribution in [-0.4, -0.2) is 20.7 Å². The van der Waals surface area contributed by atoms with Crippen molar-refractivity contribution >= 4 is 22.8 Å². The molecule has 0 aliphatic carbocycles. The molecule has 0 saturated carbocycles. The molecule has 2 rings (SSSR count). The molecule has 0 amide bonds. The van der Waals surface area contributed by atoms with Gasteiger partial charge < -0.3 is 4.57 Å². The number of imidazole rings is 1. The van der Waals surface area contributed by atoms with E-state index in [1.165, 1.54) is 6.20 Å².